The Hall–Kier alpha value is -3.59. The van der Waals surface area contributed by atoms with Gasteiger partial charge in [-0.25, -0.2) is 14.8 Å². The fraction of sp³-hybridized carbons (Fsp3) is 0.483. The number of aromatic nitrogens is 2. The van der Waals surface area contributed by atoms with E-state index >= 15 is 0 Å². The highest BCUT2D eigenvalue weighted by Crippen LogP contribution is 2.27. The highest BCUT2D eigenvalue weighted by molar-refractivity contribution is 5.91. The Labute approximate surface area is 224 Å². The van der Waals surface area contributed by atoms with Crippen LogP contribution in [0.4, 0.5) is 16.3 Å². The average Bonchev–Trinajstić information content (AvgIpc) is 2.94. The molecule has 5 rings (SSSR count). The lowest BCUT2D eigenvalue weighted by atomic mass is 10.1. The van der Waals surface area contributed by atoms with Gasteiger partial charge < -0.3 is 24.6 Å². The summed E-state index contributed by atoms with van der Waals surface area (Å²) in [5, 5.41) is 3.99. The molecule has 202 valence electrons. The Morgan fingerprint density at radius 3 is 2.39 bits per heavy atom. The second kappa shape index (κ2) is 12.3. The molecule has 3 heterocycles. The monoisotopic (exact) mass is 518 g/mol. The highest BCUT2D eigenvalue weighted by atomic mass is 16.5. The topological polar surface area (TPSA) is 83.1 Å². The normalized spacial score (nSPS) is 16.6. The lowest BCUT2D eigenvalue weighted by molar-refractivity contribution is 0.183. The lowest BCUT2D eigenvalue weighted by Crippen LogP contribution is -2.50. The third kappa shape index (κ3) is 6.64. The van der Waals surface area contributed by atoms with Gasteiger partial charge in [0, 0.05) is 49.9 Å². The molecule has 0 radical (unpaired) electrons. The molecule has 0 aliphatic carbocycles. The molecule has 0 saturated carbocycles. The van der Waals surface area contributed by atoms with Gasteiger partial charge in [-0.3, -0.25) is 4.90 Å². The van der Waals surface area contributed by atoms with Crippen molar-refractivity contribution in [2.24, 2.45) is 0 Å². The molecule has 9 nitrogen and oxygen atoms in total. The lowest BCUT2D eigenvalue weighted by Gasteiger charge is -2.35. The van der Waals surface area contributed by atoms with Crippen molar-refractivity contribution in [3.63, 3.8) is 0 Å². The number of ether oxygens (including phenoxy) is 2. The third-order valence-electron chi connectivity index (χ3n) is 7.06. The Balaban J connectivity index is 1.14. The van der Waals surface area contributed by atoms with E-state index in [-0.39, 0.29) is 12.1 Å². The van der Waals surface area contributed by atoms with E-state index in [1.165, 1.54) is 32.4 Å². The van der Waals surface area contributed by atoms with E-state index in [1.54, 1.807) is 6.33 Å². The smallest absolute Gasteiger partial charge is 0.321 e. The number of fused-ring (bicyclic) bond motifs is 1. The molecule has 2 amide bonds. The number of piperidine rings is 1. The minimum Gasteiger partial charge on any atom is -0.492 e. The molecule has 0 unspecified atom stereocenters. The third-order valence-corrected chi connectivity index (χ3v) is 7.06. The molecule has 2 aromatic carbocycles. The van der Waals surface area contributed by atoms with E-state index in [4.69, 9.17) is 9.47 Å². The number of amides is 2. The number of benzene rings is 2. The van der Waals surface area contributed by atoms with Gasteiger partial charge in [-0.05, 0) is 76.2 Å². The molecule has 1 aromatic heterocycles. The van der Waals surface area contributed by atoms with Crippen LogP contribution in [0.5, 0.6) is 11.5 Å². The maximum atomic E-state index is 12.8. The molecule has 38 heavy (non-hydrogen) atoms. The second-order valence-corrected chi connectivity index (χ2v) is 10.2. The van der Waals surface area contributed by atoms with Crippen LogP contribution in [0.3, 0.4) is 0 Å². The summed E-state index contributed by atoms with van der Waals surface area (Å²) in [5.74, 6) is 2.53. The molecular formula is C29H38N6O3. The number of hydrogen-bond acceptors (Lipinski definition) is 7. The Bertz CT molecular complexity index is 1200. The number of piperazine rings is 1. The maximum absolute atomic E-state index is 12.8. The van der Waals surface area contributed by atoms with E-state index in [2.05, 4.69) is 25.1 Å². The highest BCUT2D eigenvalue weighted by Gasteiger charge is 2.23. The van der Waals surface area contributed by atoms with E-state index in [1.807, 2.05) is 61.2 Å². The van der Waals surface area contributed by atoms with Crippen LogP contribution in [0.1, 0.15) is 33.1 Å². The van der Waals surface area contributed by atoms with E-state index in [0.29, 0.717) is 32.8 Å². The van der Waals surface area contributed by atoms with Crippen LogP contribution in [-0.2, 0) is 0 Å². The molecule has 2 saturated heterocycles. The summed E-state index contributed by atoms with van der Waals surface area (Å²) in [6.45, 7) is 10.6. The largest absolute Gasteiger partial charge is 0.492 e. The van der Waals surface area contributed by atoms with Crippen LogP contribution < -0.4 is 19.7 Å². The zero-order valence-electron chi connectivity index (χ0n) is 22.4. The van der Waals surface area contributed by atoms with Gasteiger partial charge in [-0.15, -0.1) is 0 Å². The van der Waals surface area contributed by atoms with Crippen molar-refractivity contribution in [1.82, 2.24) is 19.8 Å². The molecule has 1 N–H and O–H groups in total. The zero-order valence-corrected chi connectivity index (χ0v) is 22.4. The van der Waals surface area contributed by atoms with Crippen LogP contribution in [-0.4, -0.2) is 84.3 Å². The van der Waals surface area contributed by atoms with Crippen molar-refractivity contribution in [3.05, 3.63) is 48.8 Å². The average molecular weight is 519 g/mol. The first kappa shape index (κ1) is 26.0. The number of urea groups is 1. The van der Waals surface area contributed by atoms with Crippen molar-refractivity contribution in [2.75, 3.05) is 62.6 Å². The summed E-state index contributed by atoms with van der Waals surface area (Å²) in [6, 6.07) is 13.4. The molecule has 2 fully saturated rings. The van der Waals surface area contributed by atoms with Crippen molar-refractivity contribution >= 4 is 28.4 Å². The number of rotatable bonds is 8. The summed E-state index contributed by atoms with van der Waals surface area (Å²) in [4.78, 5) is 28.5. The van der Waals surface area contributed by atoms with E-state index in [0.717, 1.165) is 40.5 Å². The van der Waals surface area contributed by atoms with Crippen LogP contribution >= 0.6 is 0 Å². The first-order chi connectivity index (χ1) is 18.5. The standard InChI is InChI=1S/C29H38N6O3/c1-22(2)38-24-8-6-23(7-9-24)32-29(36)35-16-14-34(15-17-35)28-26-11-10-25(20-27(26)30-21-31-28)37-19-18-33-12-4-3-5-13-33/h6-11,20-22H,3-5,12-19H2,1-2H3,(H,32,36). The summed E-state index contributed by atoms with van der Waals surface area (Å²) >= 11 is 0. The molecule has 0 atom stereocenters. The Morgan fingerprint density at radius 2 is 1.66 bits per heavy atom. The number of likely N-dealkylation sites (tertiary alicyclic amines) is 1. The van der Waals surface area contributed by atoms with Crippen molar-refractivity contribution in [1.29, 1.82) is 0 Å². The molecular weight excluding hydrogens is 480 g/mol. The fourth-order valence-electron chi connectivity index (χ4n) is 5.05. The number of nitrogens with one attached hydrogen (secondary N) is 1. The van der Waals surface area contributed by atoms with Gasteiger partial charge in [0.05, 0.1) is 11.6 Å². The van der Waals surface area contributed by atoms with E-state index < -0.39 is 0 Å². The predicted octanol–water partition coefficient (Wildman–Crippen LogP) is 4.64. The summed E-state index contributed by atoms with van der Waals surface area (Å²) < 4.78 is 11.7. The van der Waals surface area contributed by atoms with Crippen molar-refractivity contribution < 1.29 is 14.3 Å². The number of carbonyl (C=O) groups excluding carboxylic acids is 1. The molecule has 0 spiro atoms. The quantitative estimate of drug-likeness (QED) is 0.465. The molecule has 2 aliphatic heterocycles. The molecule has 3 aromatic rings. The van der Waals surface area contributed by atoms with Crippen molar-refractivity contribution in [3.8, 4) is 11.5 Å². The van der Waals surface area contributed by atoms with Gasteiger partial charge in [0.25, 0.3) is 0 Å². The number of hydrogen-bond donors (Lipinski definition) is 1. The Kier molecular flexibility index (Phi) is 8.43. The molecule has 2 aliphatic rings. The zero-order chi connectivity index (χ0) is 26.3. The van der Waals surface area contributed by atoms with Crippen LogP contribution in [0, 0.1) is 0 Å². The minimum atomic E-state index is -0.0962. The predicted molar refractivity (Wildman–Crippen MR) is 150 cm³/mol. The Morgan fingerprint density at radius 1 is 0.921 bits per heavy atom. The second-order valence-electron chi connectivity index (χ2n) is 10.2. The number of anilines is 2. The SMILES string of the molecule is CC(C)Oc1ccc(NC(=O)N2CCN(c3ncnc4cc(OCCN5CCCCC5)ccc34)CC2)cc1. The van der Waals surface area contributed by atoms with Crippen molar-refractivity contribution in [2.45, 2.75) is 39.2 Å². The number of nitrogens with zero attached hydrogens (tertiary/aromatic N) is 5. The first-order valence-corrected chi connectivity index (χ1v) is 13.7. The van der Waals surface area contributed by atoms with Gasteiger partial charge in [-0.2, -0.15) is 0 Å². The van der Waals surface area contributed by atoms with Crippen LogP contribution in [0.15, 0.2) is 48.8 Å². The van der Waals surface area contributed by atoms with E-state index in [9.17, 15) is 4.79 Å². The fourth-order valence-corrected chi connectivity index (χ4v) is 5.05. The minimum absolute atomic E-state index is 0.0962. The van der Waals surface area contributed by atoms with Crippen LogP contribution in [0.2, 0.25) is 0 Å². The summed E-state index contributed by atoms with van der Waals surface area (Å²) in [5.41, 5.74) is 1.62. The maximum Gasteiger partial charge on any atom is 0.321 e. The molecule has 0 bridgehead atoms. The molecule has 9 heteroatoms. The van der Waals surface area contributed by atoms with Gasteiger partial charge in [0.2, 0.25) is 0 Å². The summed E-state index contributed by atoms with van der Waals surface area (Å²) in [6.07, 6.45) is 5.65. The summed E-state index contributed by atoms with van der Waals surface area (Å²) in [7, 11) is 0. The van der Waals surface area contributed by atoms with Crippen LogP contribution in [0.25, 0.3) is 10.9 Å². The number of carbonyl (C=O) groups is 1. The first-order valence-electron chi connectivity index (χ1n) is 13.7. The van der Waals surface area contributed by atoms with Gasteiger partial charge in [-0.1, -0.05) is 6.42 Å². The van der Waals surface area contributed by atoms with Gasteiger partial charge >= 0.3 is 6.03 Å². The van der Waals surface area contributed by atoms with Gasteiger partial charge in [0.15, 0.2) is 0 Å². The van der Waals surface area contributed by atoms with Gasteiger partial charge in [0.1, 0.15) is 30.3 Å².